The average molecular weight is 230 g/mol. The van der Waals surface area contributed by atoms with Crippen LogP contribution in [-0.4, -0.2) is 27.2 Å². The van der Waals surface area contributed by atoms with Crippen LogP contribution < -0.4 is 0 Å². The van der Waals surface area contributed by atoms with Crippen molar-refractivity contribution in [3.63, 3.8) is 0 Å². The molecule has 1 aliphatic heterocycles. The minimum absolute atomic E-state index is 0.301. The summed E-state index contributed by atoms with van der Waals surface area (Å²) < 4.78 is 0. The summed E-state index contributed by atoms with van der Waals surface area (Å²) in [6.07, 6.45) is 2.40. The highest BCUT2D eigenvalue weighted by Gasteiger charge is 2.31. The summed E-state index contributed by atoms with van der Waals surface area (Å²) in [5, 5.41) is 0. The van der Waals surface area contributed by atoms with Crippen LogP contribution in [-0.2, 0) is 13.0 Å². The summed E-state index contributed by atoms with van der Waals surface area (Å²) in [6.45, 7) is 7.01. The molecule has 0 saturated carbocycles. The van der Waals surface area contributed by atoms with Crippen molar-refractivity contribution in [1.29, 1.82) is 0 Å². The predicted molar refractivity (Wildman–Crippen MR) is 69.8 cm³/mol. The maximum absolute atomic E-state index is 3.57. The van der Waals surface area contributed by atoms with Gasteiger partial charge in [-0.3, -0.25) is 4.90 Å². The zero-order valence-electron chi connectivity index (χ0n) is 10.3. The molecule has 0 aromatic heterocycles. The molecule has 1 heterocycles. The van der Waals surface area contributed by atoms with Crippen molar-refractivity contribution in [1.82, 2.24) is 4.90 Å². The number of rotatable bonds is 3. The first-order chi connectivity index (χ1) is 7.63. The van der Waals surface area contributed by atoms with E-state index in [-0.39, 0.29) is 0 Å². The number of benzene rings is 1. The topological polar surface area (TPSA) is 3.24 Å². The molecule has 0 amide bonds. The summed E-state index contributed by atoms with van der Waals surface area (Å²) in [7, 11) is 3.57. The van der Waals surface area contributed by atoms with Crippen molar-refractivity contribution in [2.75, 3.05) is 6.54 Å². The molecule has 0 N–H and O–H groups in total. The van der Waals surface area contributed by atoms with Gasteiger partial charge in [-0.2, -0.15) is 0 Å². The van der Waals surface area contributed by atoms with Crippen molar-refractivity contribution in [2.24, 2.45) is 0 Å². The largest absolute Gasteiger partial charge is 0.294 e. The first kappa shape index (κ1) is 11.9. The van der Waals surface area contributed by atoms with Crippen LogP contribution in [0.2, 0.25) is 6.04 Å². The fourth-order valence-corrected chi connectivity index (χ4v) is 2.69. The van der Waals surface area contributed by atoms with E-state index in [2.05, 4.69) is 53.3 Å². The molecule has 2 rings (SSSR count). The lowest BCUT2D eigenvalue weighted by Gasteiger charge is -2.43. The first-order valence-electron chi connectivity index (χ1n) is 6.10. The molecule has 85 valence electrons. The maximum Gasteiger partial charge on any atom is 0.0241 e. The van der Waals surface area contributed by atoms with Crippen molar-refractivity contribution in [2.45, 2.75) is 44.8 Å². The Morgan fingerprint density at radius 1 is 1.25 bits per heavy atom. The van der Waals surface area contributed by atoms with Gasteiger partial charge in [0.2, 0.25) is 0 Å². The summed E-state index contributed by atoms with van der Waals surface area (Å²) >= 11 is 0. The minimum atomic E-state index is 0.301. The standard InChI is InChI=1S/C14H20NSi/c1-14(2)10-12-6-3-4-7-13(12)11-15(14)8-5-9-16/h3-4,6-7H,5,8-11H2,1-2H3. The molecular weight excluding hydrogens is 210 g/mol. The van der Waals surface area contributed by atoms with Crippen molar-refractivity contribution in [3.05, 3.63) is 35.4 Å². The average Bonchev–Trinajstić information content (AvgIpc) is 2.25. The molecule has 16 heavy (non-hydrogen) atoms. The van der Waals surface area contributed by atoms with Gasteiger partial charge in [-0.25, -0.2) is 0 Å². The Morgan fingerprint density at radius 3 is 2.62 bits per heavy atom. The quantitative estimate of drug-likeness (QED) is 0.722. The van der Waals surface area contributed by atoms with Crippen molar-refractivity contribution < 1.29 is 0 Å². The van der Waals surface area contributed by atoms with Crippen LogP contribution in [0.4, 0.5) is 0 Å². The van der Waals surface area contributed by atoms with Gasteiger partial charge in [0.05, 0.1) is 0 Å². The van der Waals surface area contributed by atoms with Gasteiger partial charge in [0.15, 0.2) is 0 Å². The van der Waals surface area contributed by atoms with Gasteiger partial charge in [-0.1, -0.05) is 30.3 Å². The lowest BCUT2D eigenvalue weighted by atomic mass is 9.85. The number of fused-ring (bicyclic) bond motifs is 1. The van der Waals surface area contributed by atoms with Crippen molar-refractivity contribution in [3.8, 4) is 0 Å². The molecule has 0 spiro atoms. The van der Waals surface area contributed by atoms with E-state index < -0.39 is 0 Å². The smallest absolute Gasteiger partial charge is 0.0241 e. The first-order valence-corrected chi connectivity index (χ1v) is 6.80. The molecule has 1 aromatic rings. The lowest BCUT2D eigenvalue weighted by molar-refractivity contribution is 0.0979. The second kappa shape index (κ2) is 4.72. The minimum Gasteiger partial charge on any atom is -0.294 e. The van der Waals surface area contributed by atoms with E-state index in [0.29, 0.717) is 5.54 Å². The van der Waals surface area contributed by atoms with Gasteiger partial charge in [0, 0.05) is 22.3 Å². The van der Waals surface area contributed by atoms with Gasteiger partial charge >= 0.3 is 0 Å². The normalized spacial score (nSPS) is 19.4. The zero-order valence-corrected chi connectivity index (χ0v) is 11.3. The molecule has 1 nitrogen and oxygen atoms in total. The van der Waals surface area contributed by atoms with Crippen LogP contribution >= 0.6 is 0 Å². The fraction of sp³-hybridized carbons (Fsp3) is 0.571. The highest BCUT2D eigenvalue weighted by Crippen LogP contribution is 2.30. The molecule has 0 fully saturated rings. The molecule has 0 bridgehead atoms. The third-order valence-electron chi connectivity index (χ3n) is 3.56. The summed E-state index contributed by atoms with van der Waals surface area (Å²) in [5.74, 6) is 0. The number of hydrogen-bond donors (Lipinski definition) is 0. The molecule has 0 aliphatic carbocycles. The molecule has 3 radical (unpaired) electrons. The van der Waals surface area contributed by atoms with Gasteiger partial charge in [-0.05, 0) is 44.4 Å². The van der Waals surface area contributed by atoms with Crippen LogP contribution in [0.15, 0.2) is 24.3 Å². The van der Waals surface area contributed by atoms with Crippen LogP contribution in [0.1, 0.15) is 31.4 Å². The fourth-order valence-electron chi connectivity index (χ4n) is 2.53. The molecule has 1 aromatic carbocycles. The Hall–Kier alpha value is -0.603. The Kier molecular flexibility index (Phi) is 3.50. The highest BCUT2D eigenvalue weighted by molar-refractivity contribution is 6.08. The Morgan fingerprint density at radius 2 is 1.94 bits per heavy atom. The van der Waals surface area contributed by atoms with Gasteiger partial charge in [-0.15, -0.1) is 0 Å². The number of nitrogens with zero attached hydrogens (tertiary/aromatic N) is 1. The Balaban J connectivity index is 2.18. The molecule has 1 aliphatic rings. The third kappa shape index (κ3) is 2.38. The highest BCUT2D eigenvalue weighted by atomic mass is 28.1. The molecule has 2 heteroatoms. The second-order valence-corrected chi connectivity index (χ2v) is 5.78. The van der Waals surface area contributed by atoms with E-state index in [4.69, 9.17) is 0 Å². The molecular formula is C14H20NSi. The van der Waals surface area contributed by atoms with Crippen LogP contribution in [0, 0.1) is 0 Å². The summed E-state index contributed by atoms with van der Waals surface area (Å²) in [6, 6.07) is 9.94. The van der Waals surface area contributed by atoms with E-state index in [0.717, 1.165) is 12.6 Å². The van der Waals surface area contributed by atoms with Gasteiger partial charge in [0.1, 0.15) is 0 Å². The molecule has 0 atom stereocenters. The Bertz CT molecular complexity index is 360. The van der Waals surface area contributed by atoms with E-state index in [9.17, 15) is 0 Å². The SMILES string of the molecule is CC1(C)Cc2ccccc2CN1CCC[Si]. The lowest BCUT2D eigenvalue weighted by Crippen LogP contribution is -2.48. The summed E-state index contributed by atoms with van der Waals surface area (Å²) in [4.78, 5) is 2.61. The Labute approximate surface area is 102 Å². The van der Waals surface area contributed by atoms with Crippen LogP contribution in [0.25, 0.3) is 0 Å². The second-order valence-electron chi connectivity index (χ2n) is 5.28. The van der Waals surface area contributed by atoms with Crippen LogP contribution in [0.5, 0.6) is 0 Å². The monoisotopic (exact) mass is 230 g/mol. The van der Waals surface area contributed by atoms with E-state index in [1.807, 2.05) is 0 Å². The van der Waals surface area contributed by atoms with E-state index >= 15 is 0 Å². The van der Waals surface area contributed by atoms with E-state index in [1.165, 1.54) is 30.5 Å². The summed E-state index contributed by atoms with van der Waals surface area (Å²) in [5.41, 5.74) is 3.34. The zero-order chi connectivity index (χ0) is 11.6. The maximum atomic E-state index is 3.57. The van der Waals surface area contributed by atoms with Gasteiger partial charge in [0.25, 0.3) is 0 Å². The third-order valence-corrected chi connectivity index (χ3v) is 3.92. The molecule has 0 saturated heterocycles. The van der Waals surface area contributed by atoms with E-state index in [1.54, 1.807) is 0 Å². The number of hydrogen-bond acceptors (Lipinski definition) is 1. The van der Waals surface area contributed by atoms with Gasteiger partial charge < -0.3 is 0 Å². The predicted octanol–water partition coefficient (Wildman–Crippen LogP) is 2.80. The molecule has 0 unspecified atom stereocenters. The van der Waals surface area contributed by atoms with Crippen molar-refractivity contribution >= 4 is 10.2 Å². The van der Waals surface area contributed by atoms with Crippen LogP contribution in [0.3, 0.4) is 0 Å².